The number of Topliss-reactive ketones (excluding diaryl/α,β-unsaturated/α-hetero) is 1. The molecule has 0 saturated carbocycles. The fourth-order valence-corrected chi connectivity index (χ4v) is 9.84. The van der Waals surface area contributed by atoms with Crippen LogP contribution in [0, 0.1) is 35.5 Å². The number of fused-ring (bicyclic) bond motifs is 3. The number of aryl methyl sites for hydroxylation is 1. The number of likely N-dealkylation sites (tertiary alicyclic amines) is 1. The van der Waals surface area contributed by atoms with Gasteiger partial charge < -0.3 is 20.9 Å². The van der Waals surface area contributed by atoms with Crippen molar-refractivity contribution in [1.82, 2.24) is 14.9 Å². The van der Waals surface area contributed by atoms with Gasteiger partial charge in [0, 0.05) is 27.5 Å². The maximum atomic E-state index is 14.7. The topological polar surface area (TPSA) is 164 Å². The highest BCUT2D eigenvalue weighted by Crippen LogP contribution is 2.56. The SMILES string of the molecule is C#C[C@H](Oc1nc(C(=O)C2=C(N)[C@]3(CCCc4sc(N)c(C#N)c43)[C@@H](C)CC2)nc2c1N(C)C(=O)/[N+]2=C\C1CO[C@@H](C)C1)[C@@H]1CCCN1C. The maximum Gasteiger partial charge on any atom is 0.448 e. The van der Waals surface area contributed by atoms with Gasteiger partial charge in [0.25, 0.3) is 11.7 Å². The number of ether oxygens (including phenoxy) is 2. The molecule has 2 aliphatic carbocycles. The van der Waals surface area contributed by atoms with E-state index in [9.17, 15) is 14.9 Å². The van der Waals surface area contributed by atoms with Crippen molar-refractivity contribution >= 4 is 45.9 Å². The molecule has 1 unspecified atom stereocenters. The fourth-order valence-electron chi connectivity index (χ4n) is 8.70. The van der Waals surface area contributed by atoms with E-state index in [4.69, 9.17) is 37.3 Å². The number of hydrogen-bond acceptors (Lipinski definition) is 11. The number of thiophene rings is 1. The molecule has 2 aromatic rings. The van der Waals surface area contributed by atoms with E-state index in [1.54, 1.807) is 7.05 Å². The number of terminal acetylenes is 1. The summed E-state index contributed by atoms with van der Waals surface area (Å²) in [5.41, 5.74) is 15.3. The quantitative estimate of drug-likeness (QED) is 0.255. The third-order valence-corrected chi connectivity index (χ3v) is 12.4. The molecule has 1 spiro atoms. The Balaban J connectivity index is 1.37. The number of rotatable bonds is 6. The second-order valence-electron chi connectivity index (χ2n) is 14.2. The van der Waals surface area contributed by atoms with Gasteiger partial charge in [0.05, 0.1) is 37.6 Å². The minimum atomic E-state index is -0.706. The molecule has 2 aromatic heterocycles. The third-order valence-electron chi connectivity index (χ3n) is 11.3. The zero-order valence-electron chi connectivity index (χ0n) is 28.5. The van der Waals surface area contributed by atoms with Crippen molar-refractivity contribution in [3.63, 3.8) is 0 Å². The van der Waals surface area contributed by atoms with E-state index in [1.165, 1.54) is 20.8 Å². The maximum absolute atomic E-state index is 14.7. The Hall–Kier alpha value is -4.30. The monoisotopic (exact) mass is 683 g/mol. The molecule has 13 heteroatoms. The van der Waals surface area contributed by atoms with E-state index in [0.29, 0.717) is 53.4 Å². The Morgan fingerprint density at radius 2 is 2.04 bits per heavy atom. The first-order valence-electron chi connectivity index (χ1n) is 17.1. The largest absolute Gasteiger partial charge is 0.457 e. The first kappa shape index (κ1) is 33.2. The number of allylic oxidation sites excluding steroid dienone is 2. The predicted octanol–water partition coefficient (Wildman–Crippen LogP) is 4.28. The number of hydrogen-bond donors (Lipinski definition) is 2. The normalized spacial score (nSPS) is 29.6. The van der Waals surface area contributed by atoms with Gasteiger partial charge in [0.2, 0.25) is 11.5 Å². The number of carbonyl (C=O) groups excluding carboxylic acids is 2. The third kappa shape index (κ3) is 5.22. The number of urea groups is 1. The first-order chi connectivity index (χ1) is 23.5. The van der Waals surface area contributed by atoms with Crippen molar-refractivity contribution in [1.29, 1.82) is 5.26 Å². The van der Waals surface area contributed by atoms with Crippen LogP contribution in [-0.2, 0) is 16.6 Å². The summed E-state index contributed by atoms with van der Waals surface area (Å²) in [6.07, 6.45) is 13.3. The molecule has 0 bridgehead atoms. The smallest absolute Gasteiger partial charge is 0.448 e. The van der Waals surface area contributed by atoms with Crippen LogP contribution >= 0.6 is 11.3 Å². The van der Waals surface area contributed by atoms with Crippen molar-refractivity contribution < 1.29 is 23.6 Å². The molecule has 256 valence electrons. The molecule has 5 heterocycles. The van der Waals surface area contributed by atoms with E-state index < -0.39 is 17.3 Å². The molecule has 2 saturated heterocycles. The highest BCUT2D eigenvalue weighted by atomic mass is 32.1. The zero-order valence-corrected chi connectivity index (χ0v) is 29.3. The standard InChI is InChI=1S/C36H42N8O4S/c1-6-25(24-9-8-14-42(24)4)48-34-28-33(44(35(46)43(28)5)17-21-15-20(3)47-18-21)40-32(41-34)29(45)22-12-11-19(2)36(30(22)38)13-7-10-26-27(36)23(16-37)31(39)49-26/h1,17,19-21,24-25H,7-15,18,39H2,2-5H3,(H-,38,45)/p+1/b44-17-/t19-,20-,21?,24-,25-,36+/m0/s1. The molecule has 49 heavy (non-hydrogen) atoms. The highest BCUT2D eigenvalue weighted by Gasteiger charge is 2.51. The summed E-state index contributed by atoms with van der Waals surface area (Å²) in [4.78, 5) is 42.6. The average Bonchev–Trinajstić information content (AvgIpc) is 3.84. The van der Waals surface area contributed by atoms with E-state index in [2.05, 4.69) is 23.8 Å². The van der Waals surface area contributed by atoms with Crippen LogP contribution in [0.5, 0.6) is 5.88 Å². The average molecular weight is 684 g/mol. The van der Waals surface area contributed by atoms with Crippen LogP contribution in [0.1, 0.15) is 85.4 Å². The van der Waals surface area contributed by atoms with Gasteiger partial charge in [-0.25, -0.2) is 9.69 Å². The summed E-state index contributed by atoms with van der Waals surface area (Å²) in [6, 6.07) is 1.94. The number of likely N-dealkylation sites (N-methyl/N-ethyl adjacent to an activating group) is 1. The molecule has 7 rings (SSSR count). The first-order valence-corrected chi connectivity index (χ1v) is 18.0. The van der Waals surface area contributed by atoms with Crippen LogP contribution in [0.25, 0.3) is 0 Å². The number of ketones is 1. The molecule has 6 atom stereocenters. The number of nitrogen functional groups attached to an aromatic ring is 1. The molecule has 3 aliphatic heterocycles. The lowest BCUT2D eigenvalue weighted by Crippen LogP contribution is -2.46. The fraction of sp³-hybridized carbons (Fsp3) is 0.556. The second-order valence-corrected chi connectivity index (χ2v) is 15.3. The number of nitrogens with zero attached hydrogens (tertiary/aromatic N) is 6. The molecule has 0 aromatic carbocycles. The summed E-state index contributed by atoms with van der Waals surface area (Å²) in [7, 11) is 3.65. The number of aromatic nitrogens is 2. The lowest BCUT2D eigenvalue weighted by molar-refractivity contribution is -0.324. The summed E-state index contributed by atoms with van der Waals surface area (Å²) in [6.45, 7) is 5.50. The summed E-state index contributed by atoms with van der Waals surface area (Å²) >= 11 is 1.44. The van der Waals surface area contributed by atoms with Crippen LogP contribution in [0.4, 0.5) is 21.3 Å². The van der Waals surface area contributed by atoms with Gasteiger partial charge >= 0.3 is 11.8 Å². The van der Waals surface area contributed by atoms with E-state index in [0.717, 1.165) is 49.1 Å². The lowest BCUT2D eigenvalue weighted by atomic mass is 9.57. The lowest BCUT2D eigenvalue weighted by Gasteiger charge is -2.46. The number of amides is 2. The van der Waals surface area contributed by atoms with Gasteiger partial charge in [-0.2, -0.15) is 14.8 Å². The molecule has 4 N–H and O–H groups in total. The Morgan fingerprint density at radius 3 is 2.71 bits per heavy atom. The number of nitriles is 1. The second kappa shape index (κ2) is 12.5. The predicted molar refractivity (Wildman–Crippen MR) is 186 cm³/mol. The Bertz CT molecular complexity index is 1890. The summed E-state index contributed by atoms with van der Waals surface area (Å²) in [5.74, 6) is 2.63. The minimum Gasteiger partial charge on any atom is -0.457 e. The van der Waals surface area contributed by atoms with E-state index >= 15 is 0 Å². The van der Waals surface area contributed by atoms with Crippen LogP contribution in [0.15, 0.2) is 11.3 Å². The Morgan fingerprint density at radius 1 is 1.24 bits per heavy atom. The number of carbonyl (C=O) groups is 2. The van der Waals surface area contributed by atoms with Crippen molar-refractivity contribution in [3.8, 4) is 24.3 Å². The molecule has 5 aliphatic rings. The van der Waals surface area contributed by atoms with Gasteiger partial charge in [-0.05, 0) is 83.4 Å². The summed E-state index contributed by atoms with van der Waals surface area (Å²) in [5, 5.41) is 10.6. The van der Waals surface area contributed by atoms with Gasteiger partial charge in [0.1, 0.15) is 11.1 Å². The Kier molecular flexibility index (Phi) is 8.50. The molecule has 2 fully saturated rings. The highest BCUT2D eigenvalue weighted by molar-refractivity contribution is 7.16. The molecule has 0 radical (unpaired) electrons. The van der Waals surface area contributed by atoms with E-state index in [-0.39, 0.29) is 47.5 Å². The van der Waals surface area contributed by atoms with Crippen molar-refractivity contribution in [3.05, 3.63) is 33.1 Å². The van der Waals surface area contributed by atoms with Crippen molar-refractivity contribution in [2.45, 2.75) is 88.9 Å². The minimum absolute atomic E-state index is 0.0201. The zero-order chi connectivity index (χ0) is 34.8. The van der Waals surface area contributed by atoms with E-state index in [1.807, 2.05) is 20.2 Å². The molecule has 12 nitrogen and oxygen atoms in total. The molecular weight excluding hydrogens is 641 g/mol. The number of anilines is 2. The van der Waals surface area contributed by atoms with Crippen molar-refractivity contribution in [2.75, 3.05) is 37.9 Å². The van der Waals surface area contributed by atoms with Crippen LogP contribution < -0.4 is 21.1 Å². The van der Waals surface area contributed by atoms with Crippen LogP contribution in [-0.4, -0.2) is 83.0 Å². The Labute approximate surface area is 290 Å². The molecule has 2 amide bonds. The van der Waals surface area contributed by atoms with Crippen molar-refractivity contribution in [2.24, 2.45) is 17.6 Å². The van der Waals surface area contributed by atoms with Gasteiger partial charge in [-0.15, -0.1) is 17.8 Å². The molecular formula is C36H43N8O4S+. The summed E-state index contributed by atoms with van der Waals surface area (Å²) < 4.78 is 13.7. The van der Waals surface area contributed by atoms with Crippen LogP contribution in [0.2, 0.25) is 0 Å². The number of nitrogens with two attached hydrogens (primary N) is 2. The van der Waals surface area contributed by atoms with Gasteiger partial charge in [-0.3, -0.25) is 9.69 Å². The van der Waals surface area contributed by atoms with Crippen LogP contribution in [0.3, 0.4) is 0 Å². The van der Waals surface area contributed by atoms with Gasteiger partial charge in [0.15, 0.2) is 6.10 Å². The van der Waals surface area contributed by atoms with Gasteiger partial charge in [-0.1, -0.05) is 17.8 Å².